The smallest absolute Gasteiger partial charge is 0.486 e. The molecule has 0 aliphatic rings. The molecule has 0 bridgehead atoms. The molecule has 0 aliphatic carbocycles. The molecule has 7 N–H and O–H groups in total. The molecule has 0 saturated carbocycles. The van der Waals surface area contributed by atoms with Crippen molar-refractivity contribution < 1.29 is 22.6 Å². The van der Waals surface area contributed by atoms with Crippen LogP contribution in [0.15, 0.2) is 36.8 Å². The van der Waals surface area contributed by atoms with E-state index in [9.17, 15) is 13.2 Å². The summed E-state index contributed by atoms with van der Waals surface area (Å²) in [6.45, 7) is 1.49. The summed E-state index contributed by atoms with van der Waals surface area (Å²) in [4.78, 5) is 7.93. The third kappa shape index (κ3) is 4.79. The first-order chi connectivity index (χ1) is 13.7. The topological polar surface area (TPSA) is 139 Å². The van der Waals surface area contributed by atoms with Gasteiger partial charge in [-0.1, -0.05) is 0 Å². The van der Waals surface area contributed by atoms with Crippen LogP contribution in [-0.2, 0) is 6.61 Å². The molecule has 0 aliphatic heterocycles. The summed E-state index contributed by atoms with van der Waals surface area (Å²) in [7, 11) is 0. The van der Waals surface area contributed by atoms with E-state index in [1.54, 1.807) is 23.8 Å². The van der Waals surface area contributed by atoms with Gasteiger partial charge in [0.2, 0.25) is 0 Å². The van der Waals surface area contributed by atoms with Crippen LogP contribution in [0, 0.1) is 6.92 Å². The molecule has 0 spiro atoms. The highest BCUT2D eigenvalue weighted by atomic mass is 19.4. The summed E-state index contributed by atoms with van der Waals surface area (Å²) < 4.78 is 50.0. The number of benzene rings is 1. The number of anilines is 3. The first kappa shape index (κ1) is 20.1. The lowest BCUT2D eigenvalue weighted by Crippen LogP contribution is -2.19. The van der Waals surface area contributed by atoms with Crippen molar-refractivity contribution in [3.05, 3.63) is 48.0 Å². The van der Waals surface area contributed by atoms with E-state index in [-0.39, 0.29) is 35.2 Å². The van der Waals surface area contributed by atoms with E-state index >= 15 is 0 Å². The average molecular weight is 409 g/mol. The number of hydrogen-bond donors (Lipinski definition) is 4. The van der Waals surface area contributed by atoms with Crippen LogP contribution in [0.4, 0.5) is 30.5 Å². The molecule has 2 aromatic heterocycles. The number of nitrogens with zero attached hydrogens (tertiary/aromatic N) is 3. The Kier molecular flexibility index (Phi) is 5.37. The van der Waals surface area contributed by atoms with E-state index in [0.29, 0.717) is 11.4 Å². The predicted octanol–water partition coefficient (Wildman–Crippen LogP) is 2.50. The molecule has 154 valence electrons. The van der Waals surface area contributed by atoms with Crippen LogP contribution in [0.1, 0.15) is 11.3 Å². The van der Waals surface area contributed by atoms with Gasteiger partial charge in [0.1, 0.15) is 29.6 Å². The number of ether oxygens (including phenoxy) is 2. The number of rotatable bonds is 6. The van der Waals surface area contributed by atoms with Gasteiger partial charge < -0.3 is 30.9 Å². The van der Waals surface area contributed by atoms with Crippen molar-refractivity contribution in [1.29, 1.82) is 0 Å². The molecule has 0 fully saturated rings. The number of imidazole rings is 1. The second kappa shape index (κ2) is 7.75. The van der Waals surface area contributed by atoms with Crippen molar-refractivity contribution in [3.8, 4) is 17.2 Å². The zero-order valence-electron chi connectivity index (χ0n) is 15.2. The maximum Gasteiger partial charge on any atom is 0.573 e. The first-order valence-corrected chi connectivity index (χ1v) is 8.21. The molecule has 0 unspecified atom stereocenters. The van der Waals surface area contributed by atoms with Gasteiger partial charge in [-0.3, -0.25) is 0 Å². The van der Waals surface area contributed by atoms with Crippen LogP contribution < -0.4 is 32.2 Å². The zero-order valence-corrected chi connectivity index (χ0v) is 15.2. The van der Waals surface area contributed by atoms with E-state index in [0.717, 1.165) is 0 Å². The highest BCUT2D eigenvalue weighted by Crippen LogP contribution is 2.33. The normalized spacial score (nSPS) is 11.3. The Labute approximate surface area is 163 Å². The van der Waals surface area contributed by atoms with Crippen LogP contribution in [0.25, 0.3) is 5.69 Å². The Balaban J connectivity index is 1.91. The lowest BCUT2D eigenvalue weighted by Gasteiger charge is -2.17. The molecule has 29 heavy (non-hydrogen) atoms. The van der Waals surface area contributed by atoms with Gasteiger partial charge in [-0.2, -0.15) is 0 Å². The number of alkyl halides is 3. The minimum atomic E-state index is -4.88. The molecule has 0 radical (unpaired) electrons. The van der Waals surface area contributed by atoms with Crippen molar-refractivity contribution in [3.63, 3.8) is 0 Å². The second-order valence-electron chi connectivity index (χ2n) is 6.00. The van der Waals surface area contributed by atoms with Gasteiger partial charge in [0.25, 0.3) is 0 Å². The second-order valence-corrected chi connectivity index (χ2v) is 6.00. The van der Waals surface area contributed by atoms with Crippen LogP contribution in [0.5, 0.6) is 11.5 Å². The Morgan fingerprint density at radius 3 is 2.55 bits per heavy atom. The number of aromatic nitrogens is 3. The number of halogens is 3. The van der Waals surface area contributed by atoms with Crippen molar-refractivity contribution in [2.24, 2.45) is 5.84 Å². The maximum atomic E-state index is 12.9. The minimum absolute atomic E-state index is 0.0606. The summed E-state index contributed by atoms with van der Waals surface area (Å²) in [6.07, 6.45) is -1.72. The highest BCUT2D eigenvalue weighted by Gasteiger charge is 2.32. The SMILES string of the molecule is Cc1cn(-c2ccc(COc3cc(N)nc(NN)c3N)c(OC(F)(F)F)c2)cn1. The monoisotopic (exact) mass is 409 g/mol. The third-order valence-electron chi connectivity index (χ3n) is 3.85. The first-order valence-electron chi connectivity index (χ1n) is 8.21. The molecule has 0 atom stereocenters. The molecule has 12 heteroatoms. The third-order valence-corrected chi connectivity index (χ3v) is 3.85. The quantitative estimate of drug-likeness (QED) is 0.360. The number of nitrogens with one attached hydrogen (secondary N) is 1. The molecule has 2 heterocycles. The van der Waals surface area contributed by atoms with Crippen LogP contribution >= 0.6 is 0 Å². The minimum Gasteiger partial charge on any atom is -0.486 e. The Hall–Kier alpha value is -3.67. The lowest BCUT2D eigenvalue weighted by molar-refractivity contribution is -0.275. The summed E-state index contributed by atoms with van der Waals surface area (Å²) in [5, 5.41) is 0. The van der Waals surface area contributed by atoms with Crippen LogP contribution in [0.3, 0.4) is 0 Å². The molecule has 9 nitrogen and oxygen atoms in total. The van der Waals surface area contributed by atoms with Crippen LogP contribution in [0.2, 0.25) is 0 Å². The van der Waals surface area contributed by atoms with E-state index in [2.05, 4.69) is 20.1 Å². The average Bonchev–Trinajstić information content (AvgIpc) is 3.08. The number of hydrazine groups is 1. The fourth-order valence-corrected chi connectivity index (χ4v) is 2.54. The summed E-state index contributed by atoms with van der Waals surface area (Å²) in [5.41, 5.74) is 15.1. The van der Waals surface area contributed by atoms with Crippen molar-refractivity contribution in [1.82, 2.24) is 14.5 Å². The van der Waals surface area contributed by atoms with Gasteiger partial charge in [0.05, 0.1) is 17.7 Å². The van der Waals surface area contributed by atoms with Gasteiger partial charge in [0.15, 0.2) is 5.82 Å². The fraction of sp³-hybridized carbons (Fsp3) is 0.176. The van der Waals surface area contributed by atoms with Crippen molar-refractivity contribution in [2.45, 2.75) is 19.9 Å². The molecule has 0 amide bonds. The lowest BCUT2D eigenvalue weighted by atomic mass is 10.2. The number of nitrogens with two attached hydrogens (primary N) is 3. The molecule has 1 aromatic carbocycles. The summed E-state index contributed by atoms with van der Waals surface area (Å²) in [5.74, 6) is 5.15. The van der Waals surface area contributed by atoms with Crippen molar-refractivity contribution >= 4 is 17.3 Å². The van der Waals surface area contributed by atoms with Gasteiger partial charge in [-0.25, -0.2) is 15.8 Å². The molecule has 3 aromatic rings. The maximum absolute atomic E-state index is 12.9. The summed E-state index contributed by atoms with van der Waals surface area (Å²) >= 11 is 0. The van der Waals surface area contributed by atoms with E-state index < -0.39 is 12.1 Å². The number of hydrogen-bond acceptors (Lipinski definition) is 8. The molecular formula is C17H18F3N7O2. The van der Waals surface area contributed by atoms with Gasteiger partial charge in [0, 0.05) is 23.9 Å². The molecule has 3 rings (SSSR count). The van der Waals surface area contributed by atoms with E-state index in [1.807, 2.05) is 0 Å². The van der Waals surface area contributed by atoms with Crippen molar-refractivity contribution in [2.75, 3.05) is 16.9 Å². The van der Waals surface area contributed by atoms with Gasteiger partial charge >= 0.3 is 6.36 Å². The zero-order chi connectivity index (χ0) is 21.2. The Morgan fingerprint density at radius 1 is 1.17 bits per heavy atom. The predicted molar refractivity (Wildman–Crippen MR) is 100 cm³/mol. The van der Waals surface area contributed by atoms with Gasteiger partial charge in [-0.15, -0.1) is 13.2 Å². The number of nitrogen functional groups attached to an aromatic ring is 3. The number of pyridine rings is 1. The highest BCUT2D eigenvalue weighted by molar-refractivity contribution is 5.71. The summed E-state index contributed by atoms with van der Waals surface area (Å²) in [6, 6.07) is 5.64. The standard InChI is InChI=1S/C17H18F3N7O2/c1-9-6-27(8-24-9)11-3-2-10(12(4-11)29-17(18,19)20)7-28-13-5-14(21)25-16(26-23)15(13)22/h2-6,8H,7,22-23H2,1H3,(H3,21,25,26). The number of aryl methyl sites for hydroxylation is 1. The van der Waals surface area contributed by atoms with E-state index in [4.69, 9.17) is 22.0 Å². The van der Waals surface area contributed by atoms with Crippen LogP contribution in [-0.4, -0.2) is 20.9 Å². The molecular weight excluding hydrogens is 391 g/mol. The molecule has 0 saturated heterocycles. The van der Waals surface area contributed by atoms with Gasteiger partial charge in [-0.05, 0) is 19.1 Å². The van der Waals surface area contributed by atoms with E-state index in [1.165, 1.54) is 24.5 Å². The largest absolute Gasteiger partial charge is 0.573 e. The Morgan fingerprint density at radius 2 is 1.93 bits per heavy atom. The fourth-order valence-electron chi connectivity index (χ4n) is 2.54. The Bertz CT molecular complexity index is 1020.